The fourth-order valence-electron chi connectivity index (χ4n) is 5.76. The summed E-state index contributed by atoms with van der Waals surface area (Å²) in [6, 6.07) is 4.12. The van der Waals surface area contributed by atoms with Gasteiger partial charge in [-0.2, -0.15) is 5.10 Å². The minimum Gasteiger partial charge on any atom is -0.324 e. The number of hydrogen-bond donors (Lipinski definition) is 2. The van der Waals surface area contributed by atoms with E-state index in [0.29, 0.717) is 40.8 Å². The van der Waals surface area contributed by atoms with E-state index in [1.807, 2.05) is 46.9 Å². The van der Waals surface area contributed by atoms with Crippen LogP contribution in [0.25, 0.3) is 5.70 Å². The van der Waals surface area contributed by atoms with E-state index < -0.39 is 0 Å². The number of carbonyl (C=O) groups excluding carboxylic acids is 2. The number of nitrogens with zero attached hydrogens (tertiary/aromatic N) is 6. The van der Waals surface area contributed by atoms with Gasteiger partial charge < -0.3 is 10.6 Å². The Morgan fingerprint density at radius 1 is 1.10 bits per heavy atom. The van der Waals surface area contributed by atoms with Crippen molar-refractivity contribution >= 4 is 41.3 Å². The Hall–Kier alpha value is -3.92. The molecule has 10 nitrogen and oxygen atoms in total. The summed E-state index contributed by atoms with van der Waals surface area (Å²) in [5.41, 5.74) is 5.38. The maximum atomic E-state index is 13.5. The van der Waals surface area contributed by atoms with Gasteiger partial charge in [0.05, 0.1) is 58.5 Å². The first kappa shape index (κ1) is 27.6. The molecule has 0 radical (unpaired) electrons. The van der Waals surface area contributed by atoms with Gasteiger partial charge in [0, 0.05) is 32.1 Å². The van der Waals surface area contributed by atoms with Crippen molar-refractivity contribution in [3.63, 3.8) is 0 Å². The maximum absolute atomic E-state index is 13.5. The van der Waals surface area contributed by atoms with Gasteiger partial charge >= 0.3 is 0 Å². The highest BCUT2D eigenvalue weighted by molar-refractivity contribution is 6.21. The summed E-state index contributed by atoms with van der Waals surface area (Å²) in [4.78, 5) is 42.3. The van der Waals surface area contributed by atoms with Gasteiger partial charge in [0.2, 0.25) is 5.91 Å². The van der Waals surface area contributed by atoms with E-state index in [4.69, 9.17) is 9.98 Å². The first-order chi connectivity index (χ1) is 19.2. The van der Waals surface area contributed by atoms with Crippen LogP contribution in [-0.4, -0.2) is 69.1 Å². The second-order valence-electron chi connectivity index (χ2n) is 11.1. The number of carbonyl (C=O) groups is 2. The average Bonchev–Trinajstić information content (AvgIpc) is 3.63. The van der Waals surface area contributed by atoms with Crippen molar-refractivity contribution in [3.8, 4) is 0 Å². The predicted molar refractivity (Wildman–Crippen MR) is 159 cm³/mol. The molecule has 0 spiro atoms. The molecule has 2 fully saturated rings. The third-order valence-corrected chi connectivity index (χ3v) is 7.98. The minimum absolute atomic E-state index is 0.0637. The summed E-state index contributed by atoms with van der Waals surface area (Å²) >= 11 is 0. The Balaban J connectivity index is 1.31. The van der Waals surface area contributed by atoms with Crippen LogP contribution in [0.5, 0.6) is 0 Å². The van der Waals surface area contributed by atoms with E-state index in [-0.39, 0.29) is 17.9 Å². The van der Waals surface area contributed by atoms with E-state index in [2.05, 4.69) is 25.6 Å². The van der Waals surface area contributed by atoms with Gasteiger partial charge in [0.15, 0.2) is 0 Å². The lowest BCUT2D eigenvalue weighted by atomic mass is 10.1. The molecule has 10 heteroatoms. The number of likely N-dealkylation sites (tertiary alicyclic amines) is 1. The third kappa shape index (κ3) is 6.12. The number of piperidine rings is 1. The molecule has 5 rings (SSSR count). The van der Waals surface area contributed by atoms with E-state index in [0.717, 1.165) is 36.0 Å². The van der Waals surface area contributed by atoms with Gasteiger partial charge in [0.25, 0.3) is 5.91 Å². The lowest BCUT2D eigenvalue weighted by Gasteiger charge is -2.25. The van der Waals surface area contributed by atoms with Crippen molar-refractivity contribution in [1.29, 1.82) is 0 Å². The molecule has 210 valence electrons. The van der Waals surface area contributed by atoms with Crippen LogP contribution in [0.15, 0.2) is 45.5 Å². The lowest BCUT2D eigenvalue weighted by molar-refractivity contribution is -0.117. The van der Waals surface area contributed by atoms with Crippen LogP contribution >= 0.6 is 0 Å². The van der Waals surface area contributed by atoms with Crippen molar-refractivity contribution in [3.05, 3.63) is 52.6 Å². The topological polar surface area (TPSA) is 117 Å². The number of rotatable bonds is 7. The molecule has 3 atom stereocenters. The summed E-state index contributed by atoms with van der Waals surface area (Å²) in [6.45, 7) is 9.04. The first-order valence-corrected chi connectivity index (χ1v) is 14.0. The molecule has 40 heavy (non-hydrogen) atoms. The number of nitrogens with one attached hydrogen (secondary N) is 2. The second kappa shape index (κ2) is 11.7. The van der Waals surface area contributed by atoms with Gasteiger partial charge in [-0.15, -0.1) is 0 Å². The number of amides is 2. The summed E-state index contributed by atoms with van der Waals surface area (Å²) in [5.74, 6) is 0.355. The zero-order chi connectivity index (χ0) is 28.4. The van der Waals surface area contributed by atoms with Crippen LogP contribution < -0.4 is 10.6 Å². The zero-order valence-electron chi connectivity index (χ0n) is 23.9. The molecule has 4 heterocycles. The number of aliphatic imine (C=N–C) groups is 2. The van der Waals surface area contributed by atoms with Gasteiger partial charge in [0.1, 0.15) is 0 Å². The zero-order valence-corrected chi connectivity index (χ0v) is 23.9. The SMILES string of the molecule is CCC1\C=C(c2cc(C)nn2C)/N=C\C(C)=C(/C(=O)Nc2cc(NC(=O)CN3CC4CCC3C4)cnc2C)C=N1. The minimum atomic E-state index is -0.316. The Morgan fingerprint density at radius 3 is 2.60 bits per heavy atom. The largest absolute Gasteiger partial charge is 0.324 e. The molecule has 3 unspecified atom stereocenters. The molecule has 1 aliphatic carbocycles. The number of fused-ring (bicyclic) bond motifs is 2. The number of pyridine rings is 1. The molecule has 2 aromatic heterocycles. The molecule has 1 saturated carbocycles. The monoisotopic (exact) mass is 542 g/mol. The quantitative estimate of drug-likeness (QED) is 0.547. The smallest absolute Gasteiger partial charge is 0.257 e. The summed E-state index contributed by atoms with van der Waals surface area (Å²) in [7, 11) is 1.89. The first-order valence-electron chi connectivity index (χ1n) is 14.0. The number of anilines is 2. The van der Waals surface area contributed by atoms with Crippen LogP contribution in [-0.2, 0) is 16.6 Å². The van der Waals surface area contributed by atoms with E-state index in [9.17, 15) is 9.59 Å². The molecule has 2 bridgehead atoms. The van der Waals surface area contributed by atoms with Crippen molar-refractivity contribution in [1.82, 2.24) is 19.7 Å². The van der Waals surface area contributed by atoms with E-state index in [1.54, 1.807) is 29.4 Å². The predicted octanol–water partition coefficient (Wildman–Crippen LogP) is 4.08. The Bertz CT molecular complexity index is 1430. The Kier molecular flexibility index (Phi) is 8.07. The summed E-state index contributed by atoms with van der Waals surface area (Å²) in [6.07, 6.45) is 11.4. The normalized spacial score (nSPS) is 26.5. The van der Waals surface area contributed by atoms with E-state index in [1.165, 1.54) is 19.3 Å². The van der Waals surface area contributed by atoms with Crippen LogP contribution in [0.2, 0.25) is 0 Å². The molecule has 2 amide bonds. The van der Waals surface area contributed by atoms with Crippen LogP contribution in [0.3, 0.4) is 0 Å². The van der Waals surface area contributed by atoms with Gasteiger partial charge in [-0.3, -0.25) is 34.1 Å². The highest BCUT2D eigenvalue weighted by atomic mass is 16.2. The second-order valence-corrected chi connectivity index (χ2v) is 11.1. The number of aromatic nitrogens is 3. The van der Waals surface area contributed by atoms with Crippen molar-refractivity contribution in [2.24, 2.45) is 23.0 Å². The maximum Gasteiger partial charge on any atom is 0.257 e. The van der Waals surface area contributed by atoms with Gasteiger partial charge in [-0.1, -0.05) is 6.92 Å². The Labute approximate surface area is 235 Å². The molecule has 0 aromatic carbocycles. The molecule has 3 aliphatic rings. The highest BCUT2D eigenvalue weighted by Crippen LogP contribution is 2.37. The standard InChI is InChI=1S/C30H38N8O2/c1-6-22-11-27(28-9-19(3)36-37(28)5)33-13-18(2)25(15-32-22)30(40)35-26-12-23(14-31-20(26)4)34-29(39)17-38-16-21-7-8-24(38)10-21/h9,11-15,21-22,24H,6-8,10,16-17H2,1-5H3,(H,34,39)(H,35,40)/b25-18-,27-11-,32-15?,33-13-. The van der Waals surface area contributed by atoms with Crippen molar-refractivity contribution in [2.45, 2.75) is 65.5 Å². The average molecular weight is 543 g/mol. The molecule has 2 aromatic rings. The summed E-state index contributed by atoms with van der Waals surface area (Å²) < 4.78 is 1.80. The highest BCUT2D eigenvalue weighted by Gasteiger charge is 2.38. The molecule has 2 N–H and O–H groups in total. The third-order valence-electron chi connectivity index (χ3n) is 7.98. The Morgan fingerprint density at radius 2 is 1.93 bits per heavy atom. The summed E-state index contributed by atoms with van der Waals surface area (Å²) in [5, 5.41) is 10.4. The van der Waals surface area contributed by atoms with Gasteiger partial charge in [-0.25, -0.2) is 0 Å². The number of hydrogen-bond acceptors (Lipinski definition) is 7. The van der Waals surface area contributed by atoms with Crippen LogP contribution in [0.1, 0.15) is 56.6 Å². The molecular formula is C30H38N8O2. The fraction of sp³-hybridized carbons (Fsp3) is 0.467. The van der Waals surface area contributed by atoms with Gasteiger partial charge in [-0.05, 0) is 76.2 Å². The number of allylic oxidation sites excluding steroid dienone is 1. The van der Waals surface area contributed by atoms with Crippen LogP contribution in [0, 0.1) is 19.8 Å². The number of aryl methyl sites for hydroxylation is 3. The molecule has 1 saturated heterocycles. The lowest BCUT2D eigenvalue weighted by Crippen LogP contribution is -2.38. The molecule has 2 aliphatic heterocycles. The van der Waals surface area contributed by atoms with E-state index >= 15 is 0 Å². The van der Waals surface area contributed by atoms with Crippen LogP contribution in [0.4, 0.5) is 11.4 Å². The fourth-order valence-corrected chi connectivity index (χ4v) is 5.76. The van der Waals surface area contributed by atoms with Crippen molar-refractivity contribution in [2.75, 3.05) is 23.7 Å². The molecular weight excluding hydrogens is 504 g/mol. The van der Waals surface area contributed by atoms with Crippen molar-refractivity contribution < 1.29 is 9.59 Å².